The predicted octanol–water partition coefficient (Wildman–Crippen LogP) is 5.56. The first-order valence-electron chi connectivity index (χ1n) is 6.82. The molecule has 0 amide bonds. The van der Waals surface area contributed by atoms with Crippen LogP contribution in [0.4, 0.5) is 24.5 Å². The van der Waals surface area contributed by atoms with E-state index < -0.39 is 11.7 Å². The second-order valence-electron chi connectivity index (χ2n) is 5.34. The minimum absolute atomic E-state index is 0.143. The second kappa shape index (κ2) is 5.80. The third-order valence-corrected chi connectivity index (χ3v) is 3.30. The lowest BCUT2D eigenvalue weighted by Gasteiger charge is -2.29. The molecule has 4 heteroatoms. The highest BCUT2D eigenvalue weighted by Gasteiger charge is 2.30. The molecule has 0 N–H and O–H groups in total. The van der Waals surface area contributed by atoms with Crippen LogP contribution in [-0.2, 0) is 6.18 Å². The SMILES string of the molecule is Cc1ccc(N(c2ccc(C(F)(F)F)cc2)C(C)C)cc1. The Labute approximate surface area is 123 Å². The normalized spacial score (nSPS) is 11.8. The molecule has 0 aliphatic heterocycles. The topological polar surface area (TPSA) is 3.24 Å². The van der Waals surface area contributed by atoms with Gasteiger partial charge in [0.25, 0.3) is 0 Å². The van der Waals surface area contributed by atoms with Crippen LogP contribution in [0.5, 0.6) is 0 Å². The van der Waals surface area contributed by atoms with E-state index >= 15 is 0 Å². The molecule has 0 aliphatic carbocycles. The van der Waals surface area contributed by atoms with Crippen molar-refractivity contribution in [2.45, 2.75) is 33.0 Å². The van der Waals surface area contributed by atoms with E-state index in [1.54, 1.807) is 0 Å². The van der Waals surface area contributed by atoms with Crippen molar-refractivity contribution in [2.75, 3.05) is 4.90 Å². The zero-order valence-electron chi connectivity index (χ0n) is 12.3. The Kier molecular flexibility index (Phi) is 4.26. The maximum atomic E-state index is 12.6. The molecule has 0 radical (unpaired) electrons. The number of aryl methyl sites for hydroxylation is 1. The minimum atomic E-state index is -4.30. The van der Waals surface area contributed by atoms with Crippen molar-refractivity contribution < 1.29 is 13.2 Å². The number of nitrogens with zero attached hydrogens (tertiary/aromatic N) is 1. The van der Waals surface area contributed by atoms with Crippen LogP contribution in [-0.4, -0.2) is 6.04 Å². The Balaban J connectivity index is 2.37. The van der Waals surface area contributed by atoms with Gasteiger partial charge in [-0.2, -0.15) is 13.2 Å². The molecule has 112 valence electrons. The van der Waals surface area contributed by atoms with Crippen molar-refractivity contribution >= 4 is 11.4 Å². The van der Waals surface area contributed by atoms with E-state index in [2.05, 4.69) is 0 Å². The summed E-state index contributed by atoms with van der Waals surface area (Å²) < 4.78 is 37.9. The molecular weight excluding hydrogens is 275 g/mol. The molecule has 21 heavy (non-hydrogen) atoms. The molecule has 2 aromatic carbocycles. The first kappa shape index (κ1) is 15.4. The van der Waals surface area contributed by atoms with Crippen LogP contribution in [0.3, 0.4) is 0 Å². The highest BCUT2D eigenvalue weighted by molar-refractivity contribution is 5.64. The van der Waals surface area contributed by atoms with Gasteiger partial charge in [-0.05, 0) is 57.2 Å². The van der Waals surface area contributed by atoms with Gasteiger partial charge in [0.05, 0.1) is 5.56 Å². The molecule has 0 fully saturated rings. The van der Waals surface area contributed by atoms with E-state index in [9.17, 15) is 13.2 Å². The van der Waals surface area contributed by atoms with Gasteiger partial charge in [-0.25, -0.2) is 0 Å². The number of halogens is 3. The zero-order valence-corrected chi connectivity index (χ0v) is 12.3. The Morgan fingerprint density at radius 2 is 1.24 bits per heavy atom. The molecule has 0 aliphatic rings. The van der Waals surface area contributed by atoms with Gasteiger partial charge in [-0.1, -0.05) is 17.7 Å². The molecule has 2 rings (SSSR count). The summed E-state index contributed by atoms with van der Waals surface area (Å²) in [6.45, 7) is 6.02. The van der Waals surface area contributed by atoms with Crippen molar-refractivity contribution in [1.29, 1.82) is 0 Å². The highest BCUT2D eigenvalue weighted by atomic mass is 19.4. The minimum Gasteiger partial charge on any atom is -0.339 e. The fourth-order valence-electron chi connectivity index (χ4n) is 2.26. The Morgan fingerprint density at radius 3 is 1.62 bits per heavy atom. The molecule has 0 unspecified atom stereocenters. The van der Waals surface area contributed by atoms with Gasteiger partial charge < -0.3 is 4.90 Å². The van der Waals surface area contributed by atoms with Crippen LogP contribution in [0.15, 0.2) is 48.5 Å². The number of hydrogen-bond acceptors (Lipinski definition) is 1. The number of rotatable bonds is 3. The van der Waals surface area contributed by atoms with Crippen LogP contribution in [0.25, 0.3) is 0 Å². The summed E-state index contributed by atoms with van der Waals surface area (Å²) in [5.74, 6) is 0. The van der Waals surface area contributed by atoms with Gasteiger partial charge in [0, 0.05) is 17.4 Å². The lowest BCUT2D eigenvalue weighted by Crippen LogP contribution is -2.25. The average molecular weight is 293 g/mol. The van der Waals surface area contributed by atoms with Crippen LogP contribution in [0.2, 0.25) is 0 Å². The Bertz CT molecular complexity index is 583. The second-order valence-corrected chi connectivity index (χ2v) is 5.34. The van der Waals surface area contributed by atoms with E-state index in [0.717, 1.165) is 29.1 Å². The van der Waals surface area contributed by atoms with Crippen molar-refractivity contribution in [1.82, 2.24) is 0 Å². The van der Waals surface area contributed by atoms with Gasteiger partial charge in [0.15, 0.2) is 0 Å². The molecule has 0 heterocycles. The van der Waals surface area contributed by atoms with E-state index in [1.807, 2.05) is 49.9 Å². The molecule has 1 nitrogen and oxygen atoms in total. The maximum absolute atomic E-state index is 12.6. The summed E-state index contributed by atoms with van der Waals surface area (Å²) in [6, 6.07) is 13.4. The largest absolute Gasteiger partial charge is 0.416 e. The third-order valence-electron chi connectivity index (χ3n) is 3.30. The molecule has 2 aromatic rings. The molecule has 0 aromatic heterocycles. The highest BCUT2D eigenvalue weighted by Crippen LogP contribution is 2.33. The van der Waals surface area contributed by atoms with Gasteiger partial charge in [0.2, 0.25) is 0 Å². The average Bonchev–Trinajstić information content (AvgIpc) is 2.40. The van der Waals surface area contributed by atoms with Crippen LogP contribution in [0, 0.1) is 6.92 Å². The molecular formula is C17H18F3N. The summed E-state index contributed by atoms with van der Waals surface area (Å²) in [6.07, 6.45) is -4.30. The monoisotopic (exact) mass is 293 g/mol. The van der Waals surface area contributed by atoms with Gasteiger partial charge in [0.1, 0.15) is 0 Å². The summed E-state index contributed by atoms with van der Waals surface area (Å²) in [4.78, 5) is 2.01. The van der Waals surface area contributed by atoms with Gasteiger partial charge >= 0.3 is 6.18 Å². The van der Waals surface area contributed by atoms with E-state index in [1.165, 1.54) is 12.1 Å². The van der Waals surface area contributed by atoms with E-state index in [-0.39, 0.29) is 6.04 Å². The van der Waals surface area contributed by atoms with Crippen molar-refractivity contribution in [3.63, 3.8) is 0 Å². The lowest BCUT2D eigenvalue weighted by atomic mass is 10.1. The first-order valence-corrected chi connectivity index (χ1v) is 6.82. The molecule has 0 spiro atoms. The first-order chi connectivity index (χ1) is 9.79. The summed E-state index contributed by atoms with van der Waals surface area (Å²) in [5.41, 5.74) is 2.24. The predicted molar refractivity (Wildman–Crippen MR) is 79.9 cm³/mol. The van der Waals surface area contributed by atoms with Crippen molar-refractivity contribution in [3.8, 4) is 0 Å². The fraction of sp³-hybridized carbons (Fsp3) is 0.294. The quantitative estimate of drug-likeness (QED) is 0.716. The summed E-state index contributed by atoms with van der Waals surface area (Å²) in [7, 11) is 0. The number of alkyl halides is 3. The molecule has 0 atom stereocenters. The van der Waals surface area contributed by atoms with Gasteiger partial charge in [-0.3, -0.25) is 0 Å². The zero-order chi connectivity index (χ0) is 15.6. The smallest absolute Gasteiger partial charge is 0.339 e. The van der Waals surface area contributed by atoms with Crippen LogP contribution in [0.1, 0.15) is 25.0 Å². The Morgan fingerprint density at radius 1 is 0.810 bits per heavy atom. The van der Waals surface area contributed by atoms with Gasteiger partial charge in [-0.15, -0.1) is 0 Å². The van der Waals surface area contributed by atoms with E-state index in [4.69, 9.17) is 0 Å². The number of benzene rings is 2. The van der Waals surface area contributed by atoms with Crippen LogP contribution < -0.4 is 4.90 Å². The third kappa shape index (κ3) is 3.57. The molecule has 0 saturated heterocycles. The molecule has 0 bridgehead atoms. The van der Waals surface area contributed by atoms with E-state index in [0.29, 0.717) is 0 Å². The maximum Gasteiger partial charge on any atom is 0.416 e. The van der Waals surface area contributed by atoms with Crippen molar-refractivity contribution in [2.24, 2.45) is 0 Å². The summed E-state index contributed by atoms with van der Waals surface area (Å²) >= 11 is 0. The molecule has 0 saturated carbocycles. The fourth-order valence-corrected chi connectivity index (χ4v) is 2.26. The number of anilines is 2. The Hall–Kier alpha value is -1.97. The number of hydrogen-bond donors (Lipinski definition) is 0. The standard InChI is InChI=1S/C17H18F3N/c1-12(2)21(15-8-4-13(3)5-9-15)16-10-6-14(7-11-16)17(18,19)20/h4-12H,1-3H3. The lowest BCUT2D eigenvalue weighted by molar-refractivity contribution is -0.137. The van der Waals surface area contributed by atoms with Crippen LogP contribution >= 0.6 is 0 Å². The van der Waals surface area contributed by atoms with Crippen molar-refractivity contribution in [3.05, 3.63) is 59.7 Å². The summed E-state index contributed by atoms with van der Waals surface area (Å²) in [5, 5.41) is 0.